The number of fused-ring (bicyclic) bond motifs is 1. The quantitative estimate of drug-likeness (QED) is 0.413. The van der Waals surface area contributed by atoms with Gasteiger partial charge >= 0.3 is 6.55 Å². The van der Waals surface area contributed by atoms with Crippen LogP contribution in [0, 0.1) is 5.82 Å². The van der Waals surface area contributed by atoms with Crippen molar-refractivity contribution in [2.24, 2.45) is 0 Å². The van der Waals surface area contributed by atoms with Crippen LogP contribution >= 0.6 is 0 Å². The van der Waals surface area contributed by atoms with Gasteiger partial charge in [-0.15, -0.1) is 0 Å². The van der Waals surface area contributed by atoms with E-state index >= 15 is 0 Å². The van der Waals surface area contributed by atoms with Crippen LogP contribution < -0.4 is 19.8 Å². The van der Waals surface area contributed by atoms with E-state index in [2.05, 4.69) is 20.6 Å². The first-order chi connectivity index (χ1) is 17.1. The molecule has 0 saturated heterocycles. The SMILES string of the molecule is CCN(c1ccccc1CN(c1nc(Nc2cccc3c2CC(=O)N3)ncc1F)C(F)F)S(C)(=O)=O. The Morgan fingerprint density at radius 1 is 1.17 bits per heavy atom. The molecule has 1 aliphatic heterocycles. The third kappa shape index (κ3) is 5.20. The number of alkyl halides is 2. The van der Waals surface area contributed by atoms with Crippen LogP contribution in [0.15, 0.2) is 48.7 Å². The maximum absolute atomic E-state index is 14.7. The fourth-order valence-corrected chi connectivity index (χ4v) is 5.00. The van der Waals surface area contributed by atoms with Crippen LogP contribution in [0.2, 0.25) is 0 Å². The van der Waals surface area contributed by atoms with E-state index in [-0.39, 0.29) is 36.1 Å². The van der Waals surface area contributed by atoms with Crippen molar-refractivity contribution in [2.45, 2.75) is 26.4 Å². The number of benzene rings is 2. The number of halogens is 3. The Labute approximate surface area is 206 Å². The van der Waals surface area contributed by atoms with E-state index in [1.807, 2.05) is 0 Å². The smallest absolute Gasteiger partial charge is 0.316 e. The fourth-order valence-electron chi connectivity index (χ4n) is 4.00. The monoisotopic (exact) mass is 520 g/mol. The van der Waals surface area contributed by atoms with Gasteiger partial charge in [0.1, 0.15) is 0 Å². The zero-order valence-electron chi connectivity index (χ0n) is 19.4. The van der Waals surface area contributed by atoms with Crippen LogP contribution in [0.3, 0.4) is 0 Å². The predicted octanol–water partition coefficient (Wildman–Crippen LogP) is 3.87. The van der Waals surface area contributed by atoms with Crippen LogP contribution in [-0.4, -0.2) is 43.6 Å². The van der Waals surface area contributed by atoms with E-state index in [1.165, 1.54) is 12.1 Å². The van der Waals surface area contributed by atoms with E-state index in [1.54, 1.807) is 37.3 Å². The number of nitrogens with zero attached hydrogens (tertiary/aromatic N) is 4. The van der Waals surface area contributed by atoms with Crippen LogP contribution in [-0.2, 0) is 27.8 Å². The van der Waals surface area contributed by atoms with Gasteiger partial charge in [0.05, 0.1) is 31.1 Å². The highest BCUT2D eigenvalue weighted by atomic mass is 32.2. The lowest BCUT2D eigenvalue weighted by molar-refractivity contribution is -0.115. The van der Waals surface area contributed by atoms with Crippen LogP contribution in [0.4, 0.5) is 42.0 Å². The molecule has 2 heterocycles. The van der Waals surface area contributed by atoms with Crippen LogP contribution in [0.1, 0.15) is 18.1 Å². The zero-order valence-corrected chi connectivity index (χ0v) is 20.2. The molecular formula is C23H23F3N6O3S. The van der Waals surface area contributed by atoms with Gasteiger partial charge in [-0.2, -0.15) is 13.8 Å². The highest BCUT2D eigenvalue weighted by Gasteiger charge is 2.27. The molecule has 0 aliphatic carbocycles. The van der Waals surface area contributed by atoms with Crippen LogP contribution in [0.25, 0.3) is 0 Å². The van der Waals surface area contributed by atoms with Gasteiger partial charge in [0, 0.05) is 23.5 Å². The van der Waals surface area contributed by atoms with Crippen molar-refractivity contribution in [3.05, 3.63) is 65.6 Å². The van der Waals surface area contributed by atoms with Crippen LogP contribution in [0.5, 0.6) is 0 Å². The molecule has 0 saturated carbocycles. The third-order valence-electron chi connectivity index (χ3n) is 5.56. The summed E-state index contributed by atoms with van der Waals surface area (Å²) in [5.41, 5.74) is 2.17. The standard InChI is InChI=1S/C23H23F3N6O3S/c1-3-32(36(2,34)35)19-10-5-4-7-14(19)13-31(22(25)26)21-16(24)12-27-23(30-21)29-18-9-6-8-17-15(18)11-20(33)28-17/h4-10,12,22H,3,11,13H2,1-2H3,(H,28,33)(H,27,29,30). The summed E-state index contributed by atoms with van der Waals surface area (Å²) in [6, 6.07) is 11.2. The van der Waals surface area contributed by atoms with Gasteiger partial charge in [0.15, 0.2) is 11.6 Å². The Bertz CT molecular complexity index is 1400. The Balaban J connectivity index is 1.68. The molecule has 0 fully saturated rings. The summed E-state index contributed by atoms with van der Waals surface area (Å²) in [6.07, 6.45) is 1.90. The van der Waals surface area contributed by atoms with E-state index < -0.39 is 34.8 Å². The molecule has 0 unspecified atom stereocenters. The van der Waals surface area contributed by atoms with Crippen molar-refractivity contribution in [1.82, 2.24) is 9.97 Å². The normalized spacial score (nSPS) is 12.9. The van der Waals surface area contributed by atoms with Gasteiger partial charge in [-0.25, -0.2) is 17.8 Å². The van der Waals surface area contributed by atoms with E-state index in [0.29, 0.717) is 21.8 Å². The number of carbonyl (C=O) groups is 1. The van der Waals surface area contributed by atoms with Gasteiger partial charge in [0.2, 0.25) is 21.9 Å². The highest BCUT2D eigenvalue weighted by molar-refractivity contribution is 7.92. The van der Waals surface area contributed by atoms with Crippen molar-refractivity contribution in [2.75, 3.05) is 32.6 Å². The zero-order chi connectivity index (χ0) is 26.0. The molecular weight excluding hydrogens is 497 g/mol. The lowest BCUT2D eigenvalue weighted by atomic mass is 10.1. The molecule has 1 aliphatic rings. The van der Waals surface area contributed by atoms with Gasteiger partial charge in [-0.3, -0.25) is 14.0 Å². The molecule has 0 spiro atoms. The van der Waals surface area contributed by atoms with E-state index in [0.717, 1.165) is 16.8 Å². The van der Waals surface area contributed by atoms with E-state index in [9.17, 15) is 26.4 Å². The number of aromatic nitrogens is 2. The van der Waals surface area contributed by atoms with E-state index in [4.69, 9.17) is 0 Å². The molecule has 3 aromatic rings. The minimum Gasteiger partial charge on any atom is -0.325 e. The Hall–Kier alpha value is -3.87. The number of sulfonamides is 1. The minimum absolute atomic E-state index is 0.0826. The largest absolute Gasteiger partial charge is 0.325 e. The number of para-hydroxylation sites is 1. The Morgan fingerprint density at radius 2 is 1.92 bits per heavy atom. The summed E-state index contributed by atoms with van der Waals surface area (Å²) in [5.74, 6) is -2.09. The first kappa shape index (κ1) is 25.2. The van der Waals surface area contributed by atoms with Crippen molar-refractivity contribution >= 4 is 44.8 Å². The topological polar surface area (TPSA) is 108 Å². The predicted molar refractivity (Wildman–Crippen MR) is 131 cm³/mol. The molecule has 13 heteroatoms. The van der Waals surface area contributed by atoms with Gasteiger partial charge in [-0.05, 0) is 30.7 Å². The maximum Gasteiger partial charge on any atom is 0.316 e. The van der Waals surface area contributed by atoms with Crippen molar-refractivity contribution < 1.29 is 26.4 Å². The Morgan fingerprint density at radius 3 is 2.61 bits per heavy atom. The summed E-state index contributed by atoms with van der Waals surface area (Å²) >= 11 is 0. The Kier molecular flexibility index (Phi) is 7.02. The number of rotatable bonds is 9. The number of hydrogen-bond acceptors (Lipinski definition) is 7. The average Bonchev–Trinajstić information content (AvgIpc) is 3.20. The average molecular weight is 521 g/mol. The van der Waals surface area contributed by atoms with Gasteiger partial charge < -0.3 is 10.6 Å². The summed E-state index contributed by atoms with van der Waals surface area (Å²) in [6.45, 7) is -1.98. The molecule has 1 amide bonds. The summed E-state index contributed by atoms with van der Waals surface area (Å²) < 4.78 is 68.6. The van der Waals surface area contributed by atoms with Gasteiger partial charge in [0.25, 0.3) is 0 Å². The number of anilines is 5. The first-order valence-electron chi connectivity index (χ1n) is 10.9. The van der Waals surface area contributed by atoms with Crippen molar-refractivity contribution in [1.29, 1.82) is 0 Å². The minimum atomic E-state index is -3.68. The number of carbonyl (C=O) groups excluding carboxylic acids is 1. The molecule has 1 aromatic heterocycles. The molecule has 0 atom stereocenters. The number of nitrogens with one attached hydrogen (secondary N) is 2. The van der Waals surface area contributed by atoms with Crippen molar-refractivity contribution in [3.8, 4) is 0 Å². The molecule has 36 heavy (non-hydrogen) atoms. The lowest BCUT2D eigenvalue weighted by Gasteiger charge is -2.28. The molecule has 0 bridgehead atoms. The molecule has 0 radical (unpaired) electrons. The summed E-state index contributed by atoms with van der Waals surface area (Å²) in [4.78, 5) is 20.0. The molecule has 4 rings (SSSR count). The first-order valence-corrected chi connectivity index (χ1v) is 12.7. The highest BCUT2D eigenvalue weighted by Crippen LogP contribution is 2.33. The second kappa shape index (κ2) is 10.0. The van der Waals surface area contributed by atoms with Crippen molar-refractivity contribution in [3.63, 3.8) is 0 Å². The molecule has 2 N–H and O–H groups in total. The lowest BCUT2D eigenvalue weighted by Crippen LogP contribution is -2.34. The molecule has 9 nitrogen and oxygen atoms in total. The second-order valence-electron chi connectivity index (χ2n) is 8.01. The maximum atomic E-state index is 14.7. The summed E-state index contributed by atoms with van der Waals surface area (Å²) in [7, 11) is -3.68. The molecule has 190 valence electrons. The van der Waals surface area contributed by atoms with Gasteiger partial charge in [-0.1, -0.05) is 24.3 Å². The summed E-state index contributed by atoms with van der Waals surface area (Å²) in [5, 5.41) is 5.57. The second-order valence-corrected chi connectivity index (χ2v) is 9.92. The third-order valence-corrected chi connectivity index (χ3v) is 6.81. The molecule has 2 aromatic carbocycles. The fraction of sp³-hybridized carbons (Fsp3) is 0.261. The number of amides is 1. The number of hydrogen-bond donors (Lipinski definition) is 2.